The maximum absolute atomic E-state index is 12.7. The lowest BCUT2D eigenvalue weighted by Crippen LogP contribution is -2.56. The minimum atomic E-state index is -0.0764. The summed E-state index contributed by atoms with van der Waals surface area (Å²) in [5.41, 5.74) is 6.38. The highest BCUT2D eigenvalue weighted by Crippen LogP contribution is 2.66. The second-order valence-electron chi connectivity index (χ2n) is 10.7. The van der Waals surface area contributed by atoms with Gasteiger partial charge in [-0.3, -0.25) is 10.1 Å². The fourth-order valence-electron chi connectivity index (χ4n) is 7.26. The van der Waals surface area contributed by atoms with Crippen LogP contribution in [0.2, 0.25) is 0 Å². The van der Waals surface area contributed by atoms with Gasteiger partial charge in [-0.1, -0.05) is 47.5 Å². The van der Waals surface area contributed by atoms with E-state index in [0.29, 0.717) is 11.0 Å². The lowest BCUT2D eigenvalue weighted by Gasteiger charge is -2.62. The molecule has 3 aromatic rings. The standard InChI is InChI=1S/C28H30N2OS/c1-18-3-7-22(8-4-18)25(31)30-26-29-24(16-32-26)28-14-20-11-21(15-28)13-27(12-20,17-28)23-9-5-19(2)6-10-23/h3-10,16,20-21H,11-15,17H2,1-2H3,(H,29,30,31)/t20-,21-,27?,28?/m1/s1. The number of hydrogen-bond acceptors (Lipinski definition) is 3. The molecule has 4 aliphatic rings. The van der Waals surface area contributed by atoms with Crippen LogP contribution in [0.5, 0.6) is 0 Å². The fraction of sp³-hybridized carbons (Fsp3) is 0.429. The molecule has 4 aliphatic carbocycles. The van der Waals surface area contributed by atoms with Gasteiger partial charge in [-0.2, -0.15) is 0 Å². The molecule has 2 aromatic carbocycles. The zero-order valence-electron chi connectivity index (χ0n) is 18.9. The number of thiazole rings is 1. The van der Waals surface area contributed by atoms with Crippen LogP contribution in [0.4, 0.5) is 5.13 Å². The smallest absolute Gasteiger partial charge is 0.257 e. The fourth-order valence-corrected chi connectivity index (χ4v) is 8.08. The molecule has 7 rings (SSSR count). The van der Waals surface area contributed by atoms with E-state index in [1.54, 1.807) is 11.3 Å². The van der Waals surface area contributed by atoms with Crippen LogP contribution in [0.1, 0.15) is 71.3 Å². The topological polar surface area (TPSA) is 42.0 Å². The van der Waals surface area contributed by atoms with E-state index in [1.165, 1.54) is 55.3 Å². The van der Waals surface area contributed by atoms with Gasteiger partial charge in [0, 0.05) is 16.4 Å². The SMILES string of the molecule is Cc1ccc(C(=O)Nc2nc(C34C[C@@H]5C[C@H](CC(c6ccc(C)cc6)(C5)C3)C4)cs2)cc1. The van der Waals surface area contributed by atoms with Gasteiger partial charge < -0.3 is 0 Å². The second kappa shape index (κ2) is 7.28. The highest BCUT2D eigenvalue weighted by Gasteiger charge is 2.59. The van der Waals surface area contributed by atoms with Crippen LogP contribution in [0.15, 0.2) is 53.9 Å². The number of rotatable bonds is 4. The molecule has 1 N–H and O–H groups in total. The number of nitrogens with zero attached hydrogens (tertiary/aromatic N) is 1. The van der Waals surface area contributed by atoms with Gasteiger partial charge in [0.2, 0.25) is 0 Å². The first-order valence-electron chi connectivity index (χ1n) is 11.8. The first kappa shape index (κ1) is 20.2. The van der Waals surface area contributed by atoms with Gasteiger partial charge in [-0.25, -0.2) is 4.98 Å². The second-order valence-corrected chi connectivity index (χ2v) is 11.6. The van der Waals surface area contributed by atoms with Gasteiger partial charge in [-0.15, -0.1) is 11.3 Å². The van der Waals surface area contributed by atoms with E-state index in [9.17, 15) is 4.79 Å². The predicted molar refractivity (Wildman–Crippen MR) is 130 cm³/mol. The van der Waals surface area contributed by atoms with Gasteiger partial charge in [0.25, 0.3) is 5.91 Å². The minimum absolute atomic E-state index is 0.0764. The van der Waals surface area contributed by atoms with E-state index in [4.69, 9.17) is 4.98 Å². The van der Waals surface area contributed by atoms with Crippen LogP contribution < -0.4 is 5.32 Å². The van der Waals surface area contributed by atoms with Crippen LogP contribution >= 0.6 is 11.3 Å². The van der Waals surface area contributed by atoms with Gasteiger partial charge in [0.1, 0.15) is 0 Å². The summed E-state index contributed by atoms with van der Waals surface area (Å²) in [6.45, 7) is 4.20. The average molecular weight is 443 g/mol. The molecule has 32 heavy (non-hydrogen) atoms. The predicted octanol–water partition coefficient (Wildman–Crippen LogP) is 6.80. The summed E-state index contributed by atoms with van der Waals surface area (Å²) >= 11 is 1.58. The third kappa shape index (κ3) is 3.31. The Balaban J connectivity index is 1.28. The summed E-state index contributed by atoms with van der Waals surface area (Å²) in [5, 5.41) is 6.00. The lowest BCUT2D eigenvalue weighted by molar-refractivity contribution is -0.0296. The van der Waals surface area contributed by atoms with E-state index in [1.807, 2.05) is 31.2 Å². The zero-order chi connectivity index (χ0) is 21.9. The summed E-state index contributed by atoms with van der Waals surface area (Å²) in [6.07, 6.45) is 7.75. The molecule has 0 saturated heterocycles. The third-order valence-corrected chi connectivity index (χ3v) is 9.06. The highest BCUT2D eigenvalue weighted by atomic mass is 32.1. The van der Waals surface area contributed by atoms with Gasteiger partial charge in [0.15, 0.2) is 5.13 Å². The van der Waals surface area contributed by atoms with Crippen LogP contribution in [0.3, 0.4) is 0 Å². The first-order chi connectivity index (χ1) is 15.4. The van der Waals surface area contributed by atoms with Crippen molar-refractivity contribution in [1.29, 1.82) is 0 Å². The number of aryl methyl sites for hydroxylation is 2. The molecule has 3 nitrogen and oxygen atoms in total. The number of nitrogens with one attached hydrogen (secondary N) is 1. The summed E-state index contributed by atoms with van der Waals surface area (Å²) in [7, 11) is 0. The molecule has 1 amide bonds. The minimum Gasteiger partial charge on any atom is -0.298 e. The van der Waals surface area contributed by atoms with Gasteiger partial charge >= 0.3 is 0 Å². The Bertz CT molecular complexity index is 1150. The van der Waals surface area contributed by atoms with Crippen molar-refractivity contribution in [2.24, 2.45) is 11.8 Å². The molecule has 0 spiro atoms. The summed E-state index contributed by atoms with van der Waals surface area (Å²) < 4.78 is 0. The van der Waals surface area contributed by atoms with Crippen LogP contribution in [0.25, 0.3) is 0 Å². The Kier molecular flexibility index (Phi) is 4.59. The van der Waals surface area contributed by atoms with Crippen molar-refractivity contribution in [3.8, 4) is 0 Å². The quantitative estimate of drug-likeness (QED) is 0.483. The van der Waals surface area contributed by atoms with E-state index in [2.05, 4.69) is 41.9 Å². The Morgan fingerprint density at radius 1 is 0.906 bits per heavy atom. The maximum atomic E-state index is 12.7. The lowest BCUT2D eigenvalue weighted by atomic mass is 9.42. The van der Waals surface area contributed by atoms with Crippen molar-refractivity contribution < 1.29 is 4.79 Å². The molecule has 0 radical (unpaired) electrons. The molecule has 4 fully saturated rings. The Hall–Kier alpha value is -2.46. The highest BCUT2D eigenvalue weighted by molar-refractivity contribution is 7.14. The van der Waals surface area contributed by atoms with Gasteiger partial charge in [-0.05, 0) is 87.3 Å². The number of benzene rings is 2. The van der Waals surface area contributed by atoms with E-state index in [0.717, 1.165) is 22.5 Å². The normalized spacial score (nSPS) is 30.4. The molecule has 0 unspecified atom stereocenters. The molecule has 1 heterocycles. The Morgan fingerprint density at radius 3 is 2.16 bits per heavy atom. The van der Waals surface area contributed by atoms with Crippen LogP contribution in [-0.4, -0.2) is 10.9 Å². The van der Waals surface area contributed by atoms with Crippen LogP contribution in [-0.2, 0) is 10.8 Å². The van der Waals surface area contributed by atoms with Crippen molar-refractivity contribution in [1.82, 2.24) is 4.98 Å². The molecular formula is C28H30N2OS. The molecule has 4 heteroatoms. The molecule has 4 saturated carbocycles. The Morgan fingerprint density at radius 2 is 1.50 bits per heavy atom. The number of hydrogen-bond donors (Lipinski definition) is 1. The summed E-state index contributed by atoms with van der Waals surface area (Å²) in [6, 6.07) is 17.0. The number of amides is 1. The largest absolute Gasteiger partial charge is 0.298 e. The molecule has 4 bridgehead atoms. The monoisotopic (exact) mass is 442 g/mol. The van der Waals surface area contributed by atoms with Gasteiger partial charge in [0.05, 0.1) is 5.69 Å². The average Bonchev–Trinajstić information content (AvgIpc) is 3.23. The molecule has 164 valence electrons. The maximum Gasteiger partial charge on any atom is 0.257 e. The van der Waals surface area contributed by atoms with Crippen molar-refractivity contribution in [2.75, 3.05) is 5.32 Å². The van der Waals surface area contributed by atoms with Crippen molar-refractivity contribution in [3.05, 3.63) is 81.9 Å². The van der Waals surface area contributed by atoms with Crippen molar-refractivity contribution >= 4 is 22.4 Å². The molecule has 2 atom stereocenters. The Labute approximate surface area is 194 Å². The van der Waals surface area contributed by atoms with E-state index in [-0.39, 0.29) is 11.3 Å². The number of aromatic nitrogens is 1. The van der Waals surface area contributed by atoms with Crippen molar-refractivity contribution in [3.63, 3.8) is 0 Å². The van der Waals surface area contributed by atoms with Crippen molar-refractivity contribution in [2.45, 2.75) is 63.2 Å². The zero-order valence-corrected chi connectivity index (χ0v) is 19.7. The molecular weight excluding hydrogens is 412 g/mol. The molecule has 0 aliphatic heterocycles. The van der Waals surface area contributed by atoms with E-state index >= 15 is 0 Å². The first-order valence-corrected chi connectivity index (χ1v) is 12.7. The summed E-state index contributed by atoms with van der Waals surface area (Å²) in [4.78, 5) is 17.7. The molecule has 1 aromatic heterocycles. The summed E-state index contributed by atoms with van der Waals surface area (Å²) in [5.74, 6) is 1.52. The van der Waals surface area contributed by atoms with E-state index < -0.39 is 0 Å². The number of carbonyl (C=O) groups is 1. The third-order valence-electron chi connectivity index (χ3n) is 8.31. The number of carbonyl (C=O) groups excluding carboxylic acids is 1. The van der Waals surface area contributed by atoms with Crippen LogP contribution in [0, 0.1) is 25.7 Å². The number of anilines is 1.